The summed E-state index contributed by atoms with van der Waals surface area (Å²) in [6, 6.07) is 13.4. The molecule has 1 amide bonds. The van der Waals surface area contributed by atoms with Crippen molar-refractivity contribution in [2.75, 3.05) is 79.4 Å². The van der Waals surface area contributed by atoms with E-state index in [1.165, 1.54) is 36.4 Å². The van der Waals surface area contributed by atoms with Crippen molar-refractivity contribution >= 4 is 27.5 Å². The Morgan fingerprint density at radius 2 is 1.20 bits per heavy atom. The fourth-order valence-electron chi connectivity index (χ4n) is 6.15. The summed E-state index contributed by atoms with van der Waals surface area (Å²) in [6.45, 7) is 3.62. The Kier molecular flexibility index (Phi) is 17.2. The molecule has 1 spiro atoms. The van der Waals surface area contributed by atoms with E-state index in [0.717, 1.165) is 0 Å². The van der Waals surface area contributed by atoms with E-state index in [1.54, 1.807) is 18.2 Å². The van der Waals surface area contributed by atoms with E-state index in [1.807, 2.05) is 6.92 Å². The van der Waals surface area contributed by atoms with Crippen molar-refractivity contribution < 1.29 is 85.2 Å². The van der Waals surface area contributed by atoms with Crippen LogP contribution in [0.25, 0.3) is 0 Å². The molecular weight excluding hydrogens is 820 g/mol. The normalized spacial score (nSPS) is 15.7. The maximum atomic E-state index is 13.2. The van der Waals surface area contributed by atoms with E-state index in [-0.39, 0.29) is 67.2 Å². The number of benzene rings is 3. The number of unbranched alkanes of at least 4 members (excludes halogenated alkanes) is 3. The Balaban J connectivity index is 0.958. The average Bonchev–Trinajstić information content (AvgIpc) is 3.48. The number of aromatic hydroxyl groups is 2. The molecule has 2 unspecified atom stereocenters. The molecule has 2 heterocycles. The van der Waals surface area contributed by atoms with E-state index >= 15 is 0 Å². The number of phosphoric ester groups is 2. The highest BCUT2D eigenvalue weighted by Crippen LogP contribution is 2.57. The maximum Gasteiger partial charge on any atom is 0.474 e. The van der Waals surface area contributed by atoms with Gasteiger partial charge in [0, 0.05) is 47.5 Å². The number of phosphoric acid groups is 2. The van der Waals surface area contributed by atoms with E-state index in [0.29, 0.717) is 82.0 Å². The van der Waals surface area contributed by atoms with Gasteiger partial charge in [-0.2, -0.15) is 0 Å². The molecule has 21 heteroatoms. The first-order valence-electron chi connectivity index (χ1n) is 18.9. The summed E-state index contributed by atoms with van der Waals surface area (Å²) >= 11 is 0. The van der Waals surface area contributed by atoms with Gasteiger partial charge in [-0.15, -0.1) is 0 Å². The summed E-state index contributed by atoms with van der Waals surface area (Å²) in [5.74, 6) is -0.731. The van der Waals surface area contributed by atoms with Gasteiger partial charge in [0.05, 0.1) is 65.0 Å². The molecule has 59 heavy (non-hydrogen) atoms. The molecule has 3 aromatic rings. The van der Waals surface area contributed by atoms with Crippen LogP contribution in [0.5, 0.6) is 23.0 Å². The molecule has 0 fully saturated rings. The SMILES string of the molecule is CCOCCOCCOCCOCCOP(=O)(O)OCOP(=O)(O)OCCCCCCNC(=O)c1ccc2c(c1)C1(OC2=O)c2ccc(O)cc2Oc2cc(O)ccc21. The molecule has 2 atom stereocenters. The standard InChI is InChI=1S/C38H49NO18P2/c1-2-48-15-16-49-17-18-50-19-20-51-21-22-53-59(46,47)55-26-54-58(44,45)52-14-6-4-3-5-13-39-36(42)27-7-10-30-33(23-27)38(57-37(30)43)31-11-8-28(40)24-34(31)56-35-25-29(41)9-12-32(35)38/h7-12,23-25,40-41H,2-6,13-22,26H2,1H3,(H,39,42)(H,44,45)(H,46,47). The number of amides is 1. The second-order valence-electron chi connectivity index (χ2n) is 13.0. The fourth-order valence-corrected chi connectivity index (χ4v) is 7.42. The van der Waals surface area contributed by atoms with E-state index in [9.17, 15) is 38.7 Å². The Hall–Kier alpha value is -3.94. The highest BCUT2D eigenvalue weighted by Gasteiger charge is 2.54. The Labute approximate surface area is 340 Å². The lowest BCUT2D eigenvalue weighted by Gasteiger charge is -2.36. The van der Waals surface area contributed by atoms with Gasteiger partial charge in [-0.25, -0.2) is 13.9 Å². The van der Waals surface area contributed by atoms with Crippen LogP contribution in [0.4, 0.5) is 0 Å². The van der Waals surface area contributed by atoms with Crippen molar-refractivity contribution in [1.82, 2.24) is 5.32 Å². The van der Waals surface area contributed by atoms with Gasteiger partial charge in [-0.1, -0.05) is 12.8 Å². The number of hydrogen-bond donors (Lipinski definition) is 5. The number of carbonyl (C=O) groups is 2. The number of carbonyl (C=O) groups excluding carboxylic acids is 2. The van der Waals surface area contributed by atoms with Gasteiger partial charge in [0.25, 0.3) is 5.91 Å². The van der Waals surface area contributed by atoms with Crippen molar-refractivity contribution in [3.05, 3.63) is 82.4 Å². The minimum Gasteiger partial charge on any atom is -0.508 e. The Bertz CT molecular complexity index is 1930. The van der Waals surface area contributed by atoms with Crippen molar-refractivity contribution in [2.45, 2.75) is 38.2 Å². The lowest BCUT2D eigenvalue weighted by atomic mass is 9.77. The molecule has 2 aliphatic heterocycles. The van der Waals surface area contributed by atoms with Crippen molar-refractivity contribution in [2.24, 2.45) is 0 Å². The summed E-state index contributed by atoms with van der Waals surface area (Å²) in [5, 5.41) is 23.1. The summed E-state index contributed by atoms with van der Waals surface area (Å²) < 4.78 is 75.9. The second kappa shape index (κ2) is 22.1. The quantitative estimate of drug-likeness (QED) is 0.0283. The fraction of sp³-hybridized carbons (Fsp3) is 0.474. The molecule has 5 rings (SSSR count). The van der Waals surface area contributed by atoms with Crippen LogP contribution in [0.15, 0.2) is 54.6 Å². The third kappa shape index (κ3) is 13.0. The first kappa shape index (κ1) is 46.1. The molecule has 0 radical (unpaired) electrons. The zero-order chi connectivity index (χ0) is 42.3. The Morgan fingerprint density at radius 1 is 0.661 bits per heavy atom. The highest BCUT2D eigenvalue weighted by molar-refractivity contribution is 7.48. The van der Waals surface area contributed by atoms with E-state index in [4.69, 9.17) is 37.5 Å². The van der Waals surface area contributed by atoms with Crippen LogP contribution < -0.4 is 10.1 Å². The topological polar surface area (TPSA) is 254 Å². The highest BCUT2D eigenvalue weighted by atomic mass is 31.2. The largest absolute Gasteiger partial charge is 0.508 e. The van der Waals surface area contributed by atoms with Crippen LogP contribution in [0, 0.1) is 0 Å². The van der Waals surface area contributed by atoms with Gasteiger partial charge < -0.3 is 53.7 Å². The predicted molar refractivity (Wildman–Crippen MR) is 206 cm³/mol. The molecule has 19 nitrogen and oxygen atoms in total. The van der Waals surface area contributed by atoms with E-state index < -0.39 is 39.9 Å². The van der Waals surface area contributed by atoms with Crippen LogP contribution in [-0.4, -0.2) is 111 Å². The molecule has 0 aliphatic carbocycles. The molecule has 0 saturated carbocycles. The predicted octanol–water partition coefficient (Wildman–Crippen LogP) is 5.27. The number of nitrogens with one attached hydrogen (secondary N) is 1. The average molecular weight is 870 g/mol. The van der Waals surface area contributed by atoms with E-state index in [2.05, 4.69) is 14.4 Å². The van der Waals surface area contributed by atoms with Gasteiger partial charge in [-0.3, -0.25) is 22.9 Å². The zero-order valence-corrected chi connectivity index (χ0v) is 34.2. The zero-order valence-electron chi connectivity index (χ0n) is 32.4. The van der Waals surface area contributed by atoms with Gasteiger partial charge in [0.2, 0.25) is 0 Å². The first-order valence-corrected chi connectivity index (χ1v) is 21.9. The summed E-state index contributed by atoms with van der Waals surface area (Å²) in [6.07, 6.45) is 2.17. The van der Waals surface area contributed by atoms with Crippen molar-refractivity contribution in [1.29, 1.82) is 0 Å². The number of rotatable bonds is 27. The van der Waals surface area contributed by atoms with Gasteiger partial charge >= 0.3 is 21.6 Å². The second-order valence-corrected chi connectivity index (χ2v) is 15.9. The number of phenols is 2. The summed E-state index contributed by atoms with van der Waals surface area (Å²) in [7, 11) is -9.19. The lowest BCUT2D eigenvalue weighted by molar-refractivity contribution is -0.00688. The summed E-state index contributed by atoms with van der Waals surface area (Å²) in [5.41, 5.74) is 0.283. The van der Waals surface area contributed by atoms with Gasteiger partial charge in [0.15, 0.2) is 12.4 Å². The molecule has 324 valence electrons. The Morgan fingerprint density at radius 3 is 1.80 bits per heavy atom. The molecule has 3 aromatic carbocycles. The number of esters is 1. The molecular formula is C38H49NO18P2. The first-order chi connectivity index (χ1) is 28.3. The third-order valence-corrected chi connectivity index (χ3v) is 10.8. The molecule has 0 bridgehead atoms. The monoisotopic (exact) mass is 869 g/mol. The van der Waals surface area contributed by atoms with Crippen molar-refractivity contribution in [3.8, 4) is 23.0 Å². The number of hydrogen-bond acceptors (Lipinski definition) is 16. The minimum atomic E-state index is -4.60. The summed E-state index contributed by atoms with van der Waals surface area (Å²) in [4.78, 5) is 46.0. The number of fused-ring (bicyclic) bond motifs is 6. The van der Waals surface area contributed by atoms with Crippen LogP contribution >= 0.6 is 15.6 Å². The molecule has 0 aromatic heterocycles. The van der Waals surface area contributed by atoms with Crippen LogP contribution in [0.2, 0.25) is 0 Å². The number of phenolic OH excluding ortho intramolecular Hbond substituents is 2. The van der Waals surface area contributed by atoms with Crippen LogP contribution in [-0.2, 0) is 56.5 Å². The van der Waals surface area contributed by atoms with Crippen molar-refractivity contribution in [3.63, 3.8) is 0 Å². The molecule has 2 aliphatic rings. The maximum absolute atomic E-state index is 13.2. The molecule has 0 saturated heterocycles. The lowest BCUT2D eigenvalue weighted by Crippen LogP contribution is -2.33. The van der Waals surface area contributed by atoms with Crippen LogP contribution in [0.1, 0.15) is 70.0 Å². The van der Waals surface area contributed by atoms with Gasteiger partial charge in [0.1, 0.15) is 23.0 Å². The smallest absolute Gasteiger partial charge is 0.474 e. The molecule has 5 N–H and O–H groups in total. The minimum absolute atomic E-state index is 0.0328. The number of ether oxygens (including phenoxy) is 6. The third-order valence-electron chi connectivity index (χ3n) is 8.88. The van der Waals surface area contributed by atoms with Crippen LogP contribution in [0.3, 0.4) is 0 Å². The van der Waals surface area contributed by atoms with Gasteiger partial charge in [-0.05, 0) is 62.2 Å².